The van der Waals surface area contributed by atoms with Crippen molar-refractivity contribution in [1.29, 1.82) is 0 Å². The number of methoxy groups -OCH3 is 1. The van der Waals surface area contributed by atoms with E-state index in [0.717, 1.165) is 5.56 Å². The van der Waals surface area contributed by atoms with Crippen LogP contribution in [0.2, 0.25) is 5.02 Å². The molecule has 1 amide bonds. The molecule has 1 unspecified atom stereocenters. The van der Waals surface area contributed by atoms with Crippen LogP contribution in [0.1, 0.15) is 28.3 Å². The predicted molar refractivity (Wildman–Crippen MR) is 86.7 cm³/mol. The summed E-state index contributed by atoms with van der Waals surface area (Å²) in [5, 5.41) is 0.310. The fraction of sp³-hybridized carbons (Fsp3) is 0.235. The highest BCUT2D eigenvalue weighted by molar-refractivity contribution is 6.34. The van der Waals surface area contributed by atoms with E-state index >= 15 is 0 Å². The maximum atomic E-state index is 12.8. The number of rotatable bonds is 2. The first-order valence-electron chi connectivity index (χ1n) is 7.21. The minimum atomic E-state index is -0.354. The van der Waals surface area contributed by atoms with Crippen molar-refractivity contribution in [3.05, 3.63) is 58.9 Å². The molecular formula is C17H15ClN2O3. The maximum Gasteiger partial charge on any atom is 0.313 e. The SMILES string of the molecule is COC(=O)C1CCN(C(=O)c2ccncc2Cl)c2ccccc21. The van der Waals surface area contributed by atoms with E-state index in [1.54, 1.807) is 11.0 Å². The van der Waals surface area contributed by atoms with Crippen LogP contribution in [0.25, 0.3) is 0 Å². The third-order valence-electron chi connectivity index (χ3n) is 3.98. The zero-order valence-corrected chi connectivity index (χ0v) is 13.3. The van der Waals surface area contributed by atoms with Crippen molar-refractivity contribution in [2.45, 2.75) is 12.3 Å². The van der Waals surface area contributed by atoms with Gasteiger partial charge in [0.15, 0.2) is 0 Å². The fourth-order valence-corrected chi connectivity index (χ4v) is 3.05. The molecule has 0 aliphatic carbocycles. The lowest BCUT2D eigenvalue weighted by Gasteiger charge is -2.33. The molecule has 0 saturated heterocycles. The van der Waals surface area contributed by atoms with Gasteiger partial charge in [-0.15, -0.1) is 0 Å². The normalized spacial score (nSPS) is 16.6. The molecule has 0 N–H and O–H groups in total. The maximum absolute atomic E-state index is 12.8. The number of nitrogens with zero attached hydrogens (tertiary/aromatic N) is 2. The Morgan fingerprint density at radius 1 is 1.30 bits per heavy atom. The molecular weight excluding hydrogens is 316 g/mol. The van der Waals surface area contributed by atoms with Gasteiger partial charge in [0, 0.05) is 24.6 Å². The van der Waals surface area contributed by atoms with Crippen molar-refractivity contribution < 1.29 is 14.3 Å². The first-order chi connectivity index (χ1) is 11.1. The summed E-state index contributed by atoms with van der Waals surface area (Å²) in [7, 11) is 1.37. The minimum absolute atomic E-state index is 0.201. The number of ether oxygens (including phenoxy) is 1. The van der Waals surface area contributed by atoms with E-state index in [1.807, 2.05) is 24.3 Å². The van der Waals surface area contributed by atoms with Crippen LogP contribution in [0.4, 0.5) is 5.69 Å². The Labute approximate surface area is 138 Å². The standard InChI is InChI=1S/C17H15ClN2O3/c1-23-17(22)12-7-9-20(15-5-3-2-4-11(12)15)16(21)13-6-8-19-10-14(13)18/h2-6,8,10,12H,7,9H2,1H3. The molecule has 1 aromatic carbocycles. The second kappa shape index (κ2) is 6.38. The van der Waals surface area contributed by atoms with Crippen LogP contribution < -0.4 is 4.90 Å². The topological polar surface area (TPSA) is 59.5 Å². The molecule has 0 spiro atoms. The van der Waals surface area contributed by atoms with Gasteiger partial charge in [-0.25, -0.2) is 0 Å². The lowest BCUT2D eigenvalue weighted by molar-refractivity contribution is -0.142. The van der Waals surface area contributed by atoms with Crippen LogP contribution in [0.3, 0.4) is 0 Å². The van der Waals surface area contributed by atoms with Crippen LogP contribution in [-0.4, -0.2) is 30.5 Å². The molecule has 1 atom stereocenters. The molecule has 1 aromatic heterocycles. The number of para-hydroxylation sites is 1. The van der Waals surface area contributed by atoms with Crippen molar-refractivity contribution in [2.75, 3.05) is 18.6 Å². The largest absolute Gasteiger partial charge is 0.469 e. The number of hydrogen-bond donors (Lipinski definition) is 0. The van der Waals surface area contributed by atoms with Gasteiger partial charge in [0.25, 0.3) is 5.91 Å². The fourth-order valence-electron chi connectivity index (χ4n) is 2.85. The zero-order valence-electron chi connectivity index (χ0n) is 12.5. The van der Waals surface area contributed by atoms with Crippen molar-refractivity contribution in [3.8, 4) is 0 Å². The van der Waals surface area contributed by atoms with Gasteiger partial charge in [0.1, 0.15) is 0 Å². The first kappa shape index (κ1) is 15.5. The van der Waals surface area contributed by atoms with Crippen molar-refractivity contribution in [3.63, 3.8) is 0 Å². The molecule has 0 saturated carbocycles. The van der Waals surface area contributed by atoms with E-state index in [-0.39, 0.29) is 17.8 Å². The summed E-state index contributed by atoms with van der Waals surface area (Å²) in [6.45, 7) is 0.425. The molecule has 3 rings (SSSR count). The van der Waals surface area contributed by atoms with E-state index in [0.29, 0.717) is 29.2 Å². The van der Waals surface area contributed by atoms with Crippen LogP contribution in [0.5, 0.6) is 0 Å². The molecule has 0 bridgehead atoms. The molecule has 0 radical (unpaired) electrons. The summed E-state index contributed by atoms with van der Waals surface area (Å²) in [6, 6.07) is 8.97. The summed E-state index contributed by atoms with van der Waals surface area (Å²) >= 11 is 6.08. The Balaban J connectivity index is 2.00. The quantitative estimate of drug-likeness (QED) is 0.794. The summed E-state index contributed by atoms with van der Waals surface area (Å²) in [5.74, 6) is -0.840. The minimum Gasteiger partial charge on any atom is -0.469 e. The predicted octanol–water partition coefficient (Wildman–Crippen LogP) is 3.04. The summed E-state index contributed by atoms with van der Waals surface area (Å²) in [6.07, 6.45) is 3.49. The Bertz CT molecular complexity index is 763. The third kappa shape index (κ3) is 2.80. The summed E-state index contributed by atoms with van der Waals surface area (Å²) in [5.41, 5.74) is 1.91. The van der Waals surface area contributed by atoms with Crippen LogP contribution in [-0.2, 0) is 9.53 Å². The van der Waals surface area contributed by atoms with Gasteiger partial charge in [0.2, 0.25) is 0 Å². The molecule has 6 heteroatoms. The number of esters is 1. The molecule has 2 aromatic rings. The highest BCUT2D eigenvalue weighted by Gasteiger charge is 2.33. The van der Waals surface area contributed by atoms with E-state index in [2.05, 4.69) is 4.98 Å². The van der Waals surface area contributed by atoms with Gasteiger partial charge in [-0.2, -0.15) is 0 Å². The van der Waals surface area contributed by atoms with Crippen LogP contribution in [0, 0.1) is 0 Å². The van der Waals surface area contributed by atoms with E-state index in [1.165, 1.54) is 19.5 Å². The molecule has 1 aliphatic rings. The summed E-state index contributed by atoms with van der Waals surface area (Å²) in [4.78, 5) is 30.4. The average Bonchev–Trinajstić information content (AvgIpc) is 2.60. The Hall–Kier alpha value is -2.40. The van der Waals surface area contributed by atoms with Gasteiger partial charge in [-0.1, -0.05) is 29.8 Å². The number of benzene rings is 1. The Kier molecular flexibility index (Phi) is 4.30. The molecule has 23 heavy (non-hydrogen) atoms. The number of fused-ring (bicyclic) bond motifs is 1. The molecule has 2 heterocycles. The number of aromatic nitrogens is 1. The van der Waals surface area contributed by atoms with Crippen molar-refractivity contribution in [1.82, 2.24) is 4.98 Å². The number of halogens is 1. The Morgan fingerprint density at radius 2 is 2.09 bits per heavy atom. The average molecular weight is 331 g/mol. The molecule has 118 valence electrons. The number of anilines is 1. The number of pyridine rings is 1. The highest BCUT2D eigenvalue weighted by atomic mass is 35.5. The van der Waals surface area contributed by atoms with E-state index < -0.39 is 0 Å². The molecule has 1 aliphatic heterocycles. The first-order valence-corrected chi connectivity index (χ1v) is 7.59. The number of carbonyl (C=O) groups excluding carboxylic acids is 2. The number of amides is 1. The lowest BCUT2D eigenvalue weighted by Crippen LogP contribution is -2.38. The second-order valence-corrected chi connectivity index (χ2v) is 5.64. The smallest absolute Gasteiger partial charge is 0.313 e. The third-order valence-corrected chi connectivity index (χ3v) is 4.28. The summed E-state index contributed by atoms with van der Waals surface area (Å²) < 4.78 is 4.87. The van der Waals surface area contributed by atoms with E-state index in [4.69, 9.17) is 16.3 Å². The van der Waals surface area contributed by atoms with Crippen molar-refractivity contribution in [2.24, 2.45) is 0 Å². The second-order valence-electron chi connectivity index (χ2n) is 5.24. The van der Waals surface area contributed by atoms with Gasteiger partial charge in [-0.05, 0) is 24.1 Å². The molecule has 0 fully saturated rings. The number of carbonyl (C=O) groups is 2. The Morgan fingerprint density at radius 3 is 2.83 bits per heavy atom. The lowest BCUT2D eigenvalue weighted by atomic mass is 9.89. The highest BCUT2D eigenvalue weighted by Crippen LogP contribution is 2.37. The van der Waals surface area contributed by atoms with Gasteiger partial charge < -0.3 is 9.64 Å². The van der Waals surface area contributed by atoms with Gasteiger partial charge >= 0.3 is 5.97 Å². The van der Waals surface area contributed by atoms with Crippen LogP contribution in [0.15, 0.2) is 42.7 Å². The molecule has 5 nitrogen and oxygen atoms in total. The van der Waals surface area contributed by atoms with Gasteiger partial charge in [-0.3, -0.25) is 14.6 Å². The zero-order chi connectivity index (χ0) is 16.4. The van der Waals surface area contributed by atoms with Crippen molar-refractivity contribution >= 4 is 29.2 Å². The monoisotopic (exact) mass is 330 g/mol. The van der Waals surface area contributed by atoms with E-state index in [9.17, 15) is 9.59 Å². The van der Waals surface area contributed by atoms with Crippen LogP contribution >= 0.6 is 11.6 Å². The van der Waals surface area contributed by atoms with Gasteiger partial charge in [0.05, 0.1) is 23.6 Å². The number of hydrogen-bond acceptors (Lipinski definition) is 4.